The van der Waals surface area contributed by atoms with Crippen LogP contribution in [0, 0.1) is 5.92 Å². The van der Waals surface area contributed by atoms with Gasteiger partial charge >= 0.3 is 5.97 Å². The van der Waals surface area contributed by atoms with Crippen molar-refractivity contribution in [1.82, 2.24) is 0 Å². The van der Waals surface area contributed by atoms with E-state index in [1.807, 2.05) is 0 Å². The number of rotatable bonds is 7. The summed E-state index contributed by atoms with van der Waals surface area (Å²) >= 11 is 0. The smallest absolute Gasteiger partial charge is 0.322 e. The predicted octanol–water partition coefficient (Wildman–Crippen LogP) is 1.86. The quantitative estimate of drug-likeness (QED) is 0.547. The third kappa shape index (κ3) is 6.03. The minimum atomic E-state index is -0.540. The Bertz CT molecular complexity index is 215. The van der Waals surface area contributed by atoms with Crippen LogP contribution in [0.25, 0.3) is 0 Å². The van der Waals surface area contributed by atoms with Crippen LogP contribution >= 0.6 is 0 Å². The van der Waals surface area contributed by atoms with Crippen molar-refractivity contribution < 1.29 is 14.3 Å². The molecule has 0 bridgehead atoms. The molecule has 0 spiro atoms. The zero-order valence-electron chi connectivity index (χ0n) is 10.8. The van der Waals surface area contributed by atoms with Gasteiger partial charge in [0.15, 0.2) is 0 Å². The Morgan fingerprint density at radius 3 is 2.71 bits per heavy atom. The fourth-order valence-electron chi connectivity index (χ4n) is 2.18. The highest BCUT2D eigenvalue weighted by Gasteiger charge is 2.16. The molecule has 1 rings (SSSR count). The molecule has 17 heavy (non-hydrogen) atoms. The first-order chi connectivity index (χ1) is 8.24. The number of hydrogen-bond donors (Lipinski definition) is 1. The lowest BCUT2D eigenvalue weighted by atomic mass is 9.90. The van der Waals surface area contributed by atoms with Crippen LogP contribution in [0.5, 0.6) is 0 Å². The lowest BCUT2D eigenvalue weighted by molar-refractivity contribution is -0.145. The molecule has 0 saturated heterocycles. The Morgan fingerprint density at radius 2 is 2.06 bits per heavy atom. The van der Waals surface area contributed by atoms with Crippen molar-refractivity contribution in [2.24, 2.45) is 11.7 Å². The second-order valence-electron chi connectivity index (χ2n) is 4.73. The van der Waals surface area contributed by atoms with E-state index in [1.54, 1.807) is 6.92 Å². The predicted molar refractivity (Wildman–Crippen MR) is 66.6 cm³/mol. The number of ether oxygens (including phenoxy) is 2. The molecule has 1 aliphatic carbocycles. The van der Waals surface area contributed by atoms with Gasteiger partial charge in [-0.25, -0.2) is 0 Å². The summed E-state index contributed by atoms with van der Waals surface area (Å²) in [4.78, 5) is 11.2. The van der Waals surface area contributed by atoms with Gasteiger partial charge in [0.2, 0.25) is 0 Å². The molecular weight excluding hydrogens is 218 g/mol. The Labute approximate surface area is 104 Å². The molecule has 0 aromatic rings. The maximum absolute atomic E-state index is 11.2. The van der Waals surface area contributed by atoms with E-state index in [2.05, 4.69) is 0 Å². The van der Waals surface area contributed by atoms with Gasteiger partial charge in [0.05, 0.1) is 6.61 Å². The molecule has 4 nitrogen and oxygen atoms in total. The van der Waals surface area contributed by atoms with Crippen molar-refractivity contribution in [2.45, 2.75) is 51.5 Å². The van der Waals surface area contributed by atoms with Crippen LogP contribution in [-0.2, 0) is 14.3 Å². The molecule has 1 fully saturated rings. The highest BCUT2D eigenvalue weighted by Crippen LogP contribution is 2.23. The van der Waals surface area contributed by atoms with Crippen molar-refractivity contribution in [3.63, 3.8) is 0 Å². The van der Waals surface area contributed by atoms with E-state index in [1.165, 1.54) is 32.1 Å². The zero-order chi connectivity index (χ0) is 12.5. The van der Waals surface area contributed by atoms with E-state index in [0.29, 0.717) is 25.6 Å². The van der Waals surface area contributed by atoms with Crippen LogP contribution in [0.4, 0.5) is 0 Å². The summed E-state index contributed by atoms with van der Waals surface area (Å²) in [5, 5.41) is 0. The fraction of sp³-hybridized carbons (Fsp3) is 0.923. The molecule has 1 atom stereocenters. The Hall–Kier alpha value is -0.610. The maximum atomic E-state index is 11.2. The number of carbonyl (C=O) groups excluding carboxylic acids is 1. The third-order valence-electron chi connectivity index (χ3n) is 3.24. The summed E-state index contributed by atoms with van der Waals surface area (Å²) in [5.74, 6) is 0.385. The van der Waals surface area contributed by atoms with Crippen LogP contribution in [-0.4, -0.2) is 31.8 Å². The lowest BCUT2D eigenvalue weighted by Crippen LogP contribution is -2.33. The summed E-state index contributed by atoms with van der Waals surface area (Å²) in [7, 11) is 0. The normalized spacial score (nSPS) is 18.9. The molecule has 4 heteroatoms. The van der Waals surface area contributed by atoms with Gasteiger partial charge in [-0.3, -0.25) is 4.79 Å². The first kappa shape index (κ1) is 14.5. The average molecular weight is 243 g/mol. The van der Waals surface area contributed by atoms with Gasteiger partial charge in [-0.1, -0.05) is 19.3 Å². The second-order valence-corrected chi connectivity index (χ2v) is 4.73. The first-order valence-electron chi connectivity index (χ1n) is 6.74. The van der Waals surface area contributed by atoms with Crippen molar-refractivity contribution >= 4 is 5.97 Å². The van der Waals surface area contributed by atoms with Gasteiger partial charge in [0.25, 0.3) is 0 Å². The van der Waals surface area contributed by atoms with E-state index in [-0.39, 0.29) is 5.97 Å². The Morgan fingerprint density at radius 1 is 1.35 bits per heavy atom. The molecule has 1 aliphatic rings. The molecule has 0 aromatic carbocycles. The summed E-state index contributed by atoms with van der Waals surface area (Å²) in [6.07, 6.45) is 7.14. The van der Waals surface area contributed by atoms with Crippen molar-refractivity contribution in [3.05, 3.63) is 0 Å². The molecule has 2 N–H and O–H groups in total. The number of hydrogen-bond acceptors (Lipinski definition) is 4. The number of nitrogens with two attached hydrogens (primary N) is 1. The molecule has 0 amide bonds. The van der Waals surface area contributed by atoms with Gasteiger partial charge in [0, 0.05) is 13.2 Å². The van der Waals surface area contributed by atoms with Gasteiger partial charge in [-0.15, -0.1) is 0 Å². The largest absolute Gasteiger partial charge is 0.465 e. The topological polar surface area (TPSA) is 61.5 Å². The second kappa shape index (κ2) is 8.48. The molecule has 0 aliphatic heterocycles. The Balaban J connectivity index is 2.00. The van der Waals surface area contributed by atoms with Crippen molar-refractivity contribution in [3.8, 4) is 0 Å². The van der Waals surface area contributed by atoms with Gasteiger partial charge < -0.3 is 15.2 Å². The zero-order valence-corrected chi connectivity index (χ0v) is 10.8. The highest BCUT2D eigenvalue weighted by atomic mass is 16.5. The molecule has 100 valence electrons. The van der Waals surface area contributed by atoms with Gasteiger partial charge in [0.1, 0.15) is 6.04 Å². The molecule has 1 saturated carbocycles. The monoisotopic (exact) mass is 243 g/mol. The van der Waals surface area contributed by atoms with E-state index < -0.39 is 6.04 Å². The Kier molecular flexibility index (Phi) is 7.21. The molecular formula is C13H25NO3. The van der Waals surface area contributed by atoms with Crippen LogP contribution in [0.1, 0.15) is 45.4 Å². The highest BCUT2D eigenvalue weighted by molar-refractivity contribution is 5.75. The fourth-order valence-corrected chi connectivity index (χ4v) is 2.18. The molecule has 0 aromatic heterocycles. The first-order valence-corrected chi connectivity index (χ1v) is 6.74. The molecule has 0 heterocycles. The average Bonchev–Trinajstić information content (AvgIpc) is 2.36. The van der Waals surface area contributed by atoms with E-state index in [0.717, 1.165) is 6.61 Å². The minimum absolute atomic E-state index is 0.325. The van der Waals surface area contributed by atoms with Crippen LogP contribution < -0.4 is 5.73 Å². The molecule has 1 unspecified atom stereocenters. The summed E-state index contributed by atoms with van der Waals surface area (Å²) in [6.45, 7) is 3.53. The van der Waals surface area contributed by atoms with Gasteiger partial charge in [-0.2, -0.15) is 0 Å². The third-order valence-corrected chi connectivity index (χ3v) is 3.24. The van der Waals surface area contributed by atoms with Gasteiger partial charge in [-0.05, 0) is 32.1 Å². The van der Waals surface area contributed by atoms with Crippen molar-refractivity contribution in [1.29, 1.82) is 0 Å². The number of esters is 1. The summed E-state index contributed by atoms with van der Waals surface area (Å²) < 4.78 is 10.4. The van der Waals surface area contributed by atoms with E-state index in [9.17, 15) is 4.79 Å². The number of carbonyl (C=O) groups is 1. The van der Waals surface area contributed by atoms with Crippen LogP contribution in [0.3, 0.4) is 0 Å². The van der Waals surface area contributed by atoms with Crippen LogP contribution in [0.15, 0.2) is 0 Å². The lowest BCUT2D eigenvalue weighted by Gasteiger charge is -2.21. The summed E-state index contributed by atoms with van der Waals surface area (Å²) in [5.41, 5.74) is 5.67. The maximum Gasteiger partial charge on any atom is 0.322 e. The van der Waals surface area contributed by atoms with Crippen molar-refractivity contribution in [2.75, 3.05) is 19.8 Å². The standard InChI is InChI=1S/C13H25NO3/c1-2-17-13(15)12(14)8-9-16-10-11-6-4-3-5-7-11/h11-12H,2-10,14H2,1H3. The summed E-state index contributed by atoms with van der Waals surface area (Å²) in [6, 6.07) is -0.540. The molecule has 0 radical (unpaired) electrons. The minimum Gasteiger partial charge on any atom is -0.465 e. The van der Waals surface area contributed by atoms with Crippen LogP contribution in [0.2, 0.25) is 0 Å². The SMILES string of the molecule is CCOC(=O)C(N)CCOCC1CCCCC1. The van der Waals surface area contributed by atoms with E-state index in [4.69, 9.17) is 15.2 Å². The van der Waals surface area contributed by atoms with E-state index >= 15 is 0 Å².